The number of aromatic nitrogens is 1. The standard InChI is InChI=1S/C16H9BrINO/c17-11-6-7-14(18)13(9-11)16(20)12-5-1-3-10-4-2-8-19-15(10)12/h1-9H. The van der Waals surface area contributed by atoms with Crippen LogP contribution in [0.4, 0.5) is 0 Å². The van der Waals surface area contributed by atoms with Gasteiger partial charge < -0.3 is 0 Å². The highest BCUT2D eigenvalue weighted by atomic mass is 127. The zero-order valence-corrected chi connectivity index (χ0v) is 14.1. The maximum Gasteiger partial charge on any atom is 0.196 e. The summed E-state index contributed by atoms with van der Waals surface area (Å²) >= 11 is 5.60. The maximum absolute atomic E-state index is 12.8. The number of para-hydroxylation sites is 1. The maximum atomic E-state index is 12.8. The summed E-state index contributed by atoms with van der Waals surface area (Å²) in [5, 5.41) is 0.975. The van der Waals surface area contributed by atoms with Gasteiger partial charge in [0.1, 0.15) is 0 Å². The average Bonchev–Trinajstić information content (AvgIpc) is 2.48. The van der Waals surface area contributed by atoms with E-state index in [2.05, 4.69) is 43.5 Å². The molecule has 1 heterocycles. The second-order valence-electron chi connectivity index (χ2n) is 4.33. The first-order valence-corrected chi connectivity index (χ1v) is 7.87. The number of fused-ring (bicyclic) bond motifs is 1. The summed E-state index contributed by atoms with van der Waals surface area (Å²) in [7, 11) is 0. The number of hydrogen-bond acceptors (Lipinski definition) is 2. The van der Waals surface area contributed by atoms with Gasteiger partial charge in [-0.25, -0.2) is 0 Å². The van der Waals surface area contributed by atoms with Crippen LogP contribution >= 0.6 is 38.5 Å². The third kappa shape index (κ3) is 2.50. The van der Waals surface area contributed by atoms with Crippen molar-refractivity contribution in [3.8, 4) is 0 Å². The molecule has 0 saturated heterocycles. The van der Waals surface area contributed by atoms with Gasteiger partial charge in [0, 0.05) is 30.8 Å². The Morgan fingerprint density at radius 1 is 1.05 bits per heavy atom. The lowest BCUT2D eigenvalue weighted by Crippen LogP contribution is -2.05. The Balaban J connectivity index is 2.20. The number of benzene rings is 2. The Kier molecular flexibility index (Phi) is 3.85. The molecule has 20 heavy (non-hydrogen) atoms. The molecule has 98 valence electrons. The minimum absolute atomic E-state index is 0.000000000000000222. The third-order valence-corrected chi connectivity index (χ3v) is 4.48. The molecule has 1 aromatic heterocycles. The number of hydrogen-bond donors (Lipinski definition) is 0. The molecule has 3 aromatic rings. The van der Waals surface area contributed by atoms with E-state index in [1.54, 1.807) is 6.20 Å². The fourth-order valence-electron chi connectivity index (χ4n) is 2.10. The van der Waals surface area contributed by atoms with E-state index < -0.39 is 0 Å². The molecule has 2 aromatic carbocycles. The van der Waals surface area contributed by atoms with Crippen molar-refractivity contribution in [2.45, 2.75) is 0 Å². The van der Waals surface area contributed by atoms with E-state index in [4.69, 9.17) is 0 Å². The van der Waals surface area contributed by atoms with Crippen LogP contribution in [0.3, 0.4) is 0 Å². The Morgan fingerprint density at radius 3 is 2.70 bits per heavy atom. The highest BCUT2D eigenvalue weighted by Crippen LogP contribution is 2.24. The number of ketones is 1. The van der Waals surface area contributed by atoms with Crippen molar-refractivity contribution in [3.05, 3.63) is 73.9 Å². The molecule has 0 N–H and O–H groups in total. The molecule has 0 bridgehead atoms. The molecule has 0 aliphatic heterocycles. The van der Waals surface area contributed by atoms with Gasteiger partial charge in [0.15, 0.2) is 5.78 Å². The van der Waals surface area contributed by atoms with Crippen LogP contribution in [0.25, 0.3) is 10.9 Å². The summed E-state index contributed by atoms with van der Waals surface area (Å²) in [4.78, 5) is 17.1. The van der Waals surface area contributed by atoms with Gasteiger partial charge >= 0.3 is 0 Å². The van der Waals surface area contributed by atoms with Crippen LogP contribution in [-0.4, -0.2) is 10.8 Å². The Hall–Kier alpha value is -1.27. The molecular weight excluding hydrogens is 429 g/mol. The predicted molar refractivity (Wildman–Crippen MR) is 92.0 cm³/mol. The second kappa shape index (κ2) is 5.61. The van der Waals surface area contributed by atoms with E-state index in [0.717, 1.165) is 18.9 Å². The number of carbonyl (C=O) groups excluding carboxylic acids is 1. The van der Waals surface area contributed by atoms with E-state index in [-0.39, 0.29) is 5.78 Å². The number of pyridine rings is 1. The van der Waals surface area contributed by atoms with Crippen LogP contribution in [-0.2, 0) is 0 Å². The fraction of sp³-hybridized carbons (Fsp3) is 0. The fourth-order valence-corrected chi connectivity index (χ4v) is 3.05. The lowest BCUT2D eigenvalue weighted by Gasteiger charge is -2.07. The highest BCUT2D eigenvalue weighted by molar-refractivity contribution is 14.1. The first kappa shape index (κ1) is 13.7. The summed E-state index contributed by atoms with van der Waals surface area (Å²) < 4.78 is 1.83. The second-order valence-corrected chi connectivity index (χ2v) is 6.41. The predicted octanol–water partition coefficient (Wildman–Crippen LogP) is 4.83. The molecule has 0 unspecified atom stereocenters. The largest absolute Gasteiger partial charge is 0.288 e. The van der Waals surface area contributed by atoms with Gasteiger partial charge in [-0.15, -0.1) is 0 Å². The van der Waals surface area contributed by atoms with Crippen molar-refractivity contribution in [1.29, 1.82) is 0 Å². The lowest BCUT2D eigenvalue weighted by atomic mass is 10.0. The van der Waals surface area contributed by atoms with Gasteiger partial charge in [-0.05, 0) is 52.9 Å². The monoisotopic (exact) mass is 437 g/mol. The number of carbonyl (C=O) groups is 1. The molecule has 0 amide bonds. The highest BCUT2D eigenvalue weighted by Gasteiger charge is 2.16. The van der Waals surface area contributed by atoms with Crippen LogP contribution in [0.15, 0.2) is 59.2 Å². The molecule has 3 rings (SSSR count). The minimum atomic E-state index is 0.000000000000000222. The topological polar surface area (TPSA) is 30.0 Å². The van der Waals surface area contributed by atoms with E-state index in [0.29, 0.717) is 11.1 Å². The van der Waals surface area contributed by atoms with Crippen molar-refractivity contribution >= 4 is 55.2 Å². The van der Waals surface area contributed by atoms with Crippen molar-refractivity contribution < 1.29 is 4.79 Å². The van der Waals surface area contributed by atoms with E-state index >= 15 is 0 Å². The average molecular weight is 438 g/mol. The van der Waals surface area contributed by atoms with Crippen molar-refractivity contribution in [1.82, 2.24) is 4.98 Å². The number of rotatable bonds is 2. The third-order valence-electron chi connectivity index (χ3n) is 3.05. The molecule has 0 spiro atoms. The lowest BCUT2D eigenvalue weighted by molar-refractivity contribution is 0.103. The Bertz CT molecular complexity index is 811. The molecule has 4 heteroatoms. The van der Waals surface area contributed by atoms with E-state index in [1.807, 2.05) is 48.5 Å². The van der Waals surface area contributed by atoms with Crippen LogP contribution in [0.2, 0.25) is 0 Å². The molecule has 0 aliphatic carbocycles. The molecule has 0 radical (unpaired) electrons. The minimum Gasteiger partial charge on any atom is -0.288 e. The smallest absolute Gasteiger partial charge is 0.196 e. The summed E-state index contributed by atoms with van der Waals surface area (Å²) in [6.45, 7) is 0. The molecular formula is C16H9BrINO. The van der Waals surface area contributed by atoms with Gasteiger partial charge in [0.25, 0.3) is 0 Å². The van der Waals surface area contributed by atoms with Crippen LogP contribution < -0.4 is 0 Å². The van der Waals surface area contributed by atoms with Crippen molar-refractivity contribution in [2.75, 3.05) is 0 Å². The Morgan fingerprint density at radius 2 is 1.85 bits per heavy atom. The SMILES string of the molecule is O=C(c1cc(Br)ccc1I)c1cccc2cccnc12. The molecule has 2 nitrogen and oxygen atoms in total. The molecule has 0 fully saturated rings. The molecule has 0 aliphatic rings. The first-order valence-electron chi connectivity index (χ1n) is 6.00. The summed E-state index contributed by atoms with van der Waals surface area (Å²) in [6.07, 6.45) is 1.71. The van der Waals surface area contributed by atoms with E-state index in [1.165, 1.54) is 0 Å². The molecule has 0 saturated carbocycles. The van der Waals surface area contributed by atoms with Crippen molar-refractivity contribution in [2.24, 2.45) is 0 Å². The zero-order valence-electron chi connectivity index (χ0n) is 10.3. The van der Waals surface area contributed by atoms with Gasteiger partial charge in [0.05, 0.1) is 5.52 Å². The van der Waals surface area contributed by atoms with Crippen LogP contribution in [0.5, 0.6) is 0 Å². The normalized spacial score (nSPS) is 10.7. The van der Waals surface area contributed by atoms with Gasteiger partial charge in [0.2, 0.25) is 0 Å². The van der Waals surface area contributed by atoms with E-state index in [9.17, 15) is 4.79 Å². The summed E-state index contributed by atoms with van der Waals surface area (Å²) in [5.41, 5.74) is 2.08. The summed E-state index contributed by atoms with van der Waals surface area (Å²) in [6, 6.07) is 15.2. The van der Waals surface area contributed by atoms with Gasteiger partial charge in [-0.2, -0.15) is 0 Å². The van der Waals surface area contributed by atoms with Crippen LogP contribution in [0.1, 0.15) is 15.9 Å². The first-order chi connectivity index (χ1) is 9.66. The van der Waals surface area contributed by atoms with Crippen molar-refractivity contribution in [3.63, 3.8) is 0 Å². The quantitative estimate of drug-likeness (QED) is 0.424. The number of nitrogens with zero attached hydrogens (tertiary/aromatic N) is 1. The summed E-state index contributed by atoms with van der Waals surface area (Å²) in [5.74, 6) is 0.000000000000000222. The number of halogens is 2. The zero-order chi connectivity index (χ0) is 14.1. The van der Waals surface area contributed by atoms with Crippen LogP contribution in [0, 0.1) is 3.57 Å². The molecule has 0 atom stereocenters. The van der Waals surface area contributed by atoms with Gasteiger partial charge in [-0.3, -0.25) is 9.78 Å². The Labute approximate surface area is 138 Å². The van der Waals surface area contributed by atoms with Gasteiger partial charge in [-0.1, -0.05) is 34.1 Å².